The van der Waals surface area contributed by atoms with Crippen molar-refractivity contribution in [1.29, 1.82) is 0 Å². The molecule has 0 unspecified atom stereocenters. The van der Waals surface area contributed by atoms with E-state index in [1.54, 1.807) is 7.05 Å². The molecule has 0 saturated carbocycles. The fourth-order valence-corrected chi connectivity index (χ4v) is 1.78. The smallest absolute Gasteiger partial charge is 0.251 e. The average molecular weight is 248 g/mol. The molecule has 18 heavy (non-hydrogen) atoms. The lowest BCUT2D eigenvalue weighted by molar-refractivity contribution is 0.0963. The molecule has 0 heterocycles. The van der Waals surface area contributed by atoms with Gasteiger partial charge in [-0.15, -0.1) is 0 Å². The van der Waals surface area contributed by atoms with Gasteiger partial charge in [0.2, 0.25) is 0 Å². The van der Waals surface area contributed by atoms with Gasteiger partial charge in [0.1, 0.15) is 0 Å². The normalized spacial score (nSPS) is 11.0. The van der Waals surface area contributed by atoms with Gasteiger partial charge in [-0.3, -0.25) is 4.79 Å². The lowest BCUT2D eigenvalue weighted by atomic mass is 10.1. The quantitative estimate of drug-likeness (QED) is 0.839. The number of carbonyl (C=O) groups is 1. The molecule has 0 aromatic heterocycles. The predicted octanol–water partition coefficient (Wildman–Crippen LogP) is 2.52. The predicted molar refractivity (Wildman–Crippen MR) is 75.6 cm³/mol. The minimum atomic E-state index is -0.0327. The summed E-state index contributed by atoms with van der Waals surface area (Å²) in [4.78, 5) is 13.7. The van der Waals surface area contributed by atoms with Crippen LogP contribution in [0.25, 0.3) is 0 Å². The Labute approximate surface area is 110 Å². The van der Waals surface area contributed by atoms with E-state index < -0.39 is 0 Å². The zero-order chi connectivity index (χ0) is 13.5. The van der Waals surface area contributed by atoms with E-state index >= 15 is 0 Å². The molecule has 0 aliphatic rings. The highest BCUT2D eigenvalue weighted by Gasteiger charge is 2.04. The fourth-order valence-electron chi connectivity index (χ4n) is 1.78. The van der Waals surface area contributed by atoms with E-state index in [1.807, 2.05) is 24.3 Å². The highest BCUT2D eigenvalue weighted by molar-refractivity contribution is 5.93. The summed E-state index contributed by atoms with van der Waals surface area (Å²) in [5.74, 6) is 0.706. The molecule has 1 aromatic carbocycles. The van der Waals surface area contributed by atoms with E-state index in [0.717, 1.165) is 19.0 Å². The summed E-state index contributed by atoms with van der Waals surface area (Å²) in [6.45, 7) is 6.52. The third kappa shape index (κ3) is 4.88. The second-order valence-electron chi connectivity index (χ2n) is 5.20. The number of carbonyl (C=O) groups excluding carboxylic acids is 1. The van der Waals surface area contributed by atoms with Crippen LogP contribution in [0.4, 0.5) is 0 Å². The highest BCUT2D eigenvalue weighted by Crippen LogP contribution is 2.08. The van der Waals surface area contributed by atoms with Crippen molar-refractivity contribution in [3.05, 3.63) is 35.4 Å². The van der Waals surface area contributed by atoms with Crippen molar-refractivity contribution < 1.29 is 4.79 Å². The Kier molecular flexibility index (Phi) is 5.86. The van der Waals surface area contributed by atoms with Crippen LogP contribution in [0, 0.1) is 5.92 Å². The summed E-state index contributed by atoms with van der Waals surface area (Å²) < 4.78 is 0. The van der Waals surface area contributed by atoms with Crippen LogP contribution >= 0.6 is 0 Å². The van der Waals surface area contributed by atoms with Crippen LogP contribution in [-0.4, -0.2) is 31.4 Å². The molecule has 0 aliphatic carbocycles. The highest BCUT2D eigenvalue weighted by atomic mass is 16.1. The Hall–Kier alpha value is -1.35. The molecule has 1 N–H and O–H groups in total. The molecule has 3 heteroatoms. The number of rotatable bonds is 6. The molecular formula is C15H24N2O. The Morgan fingerprint density at radius 1 is 1.28 bits per heavy atom. The number of benzene rings is 1. The number of hydrogen-bond donors (Lipinski definition) is 1. The van der Waals surface area contributed by atoms with Crippen LogP contribution < -0.4 is 5.32 Å². The average Bonchev–Trinajstić information content (AvgIpc) is 2.36. The van der Waals surface area contributed by atoms with Gasteiger partial charge >= 0.3 is 0 Å². The van der Waals surface area contributed by atoms with E-state index in [-0.39, 0.29) is 5.91 Å². The Balaban J connectivity index is 2.50. The fraction of sp³-hybridized carbons (Fsp3) is 0.533. The molecule has 0 fully saturated rings. The van der Waals surface area contributed by atoms with Gasteiger partial charge in [-0.1, -0.05) is 26.0 Å². The van der Waals surface area contributed by atoms with Crippen molar-refractivity contribution in [2.75, 3.05) is 20.6 Å². The molecular weight excluding hydrogens is 224 g/mol. The van der Waals surface area contributed by atoms with Crippen molar-refractivity contribution in [3.63, 3.8) is 0 Å². The van der Waals surface area contributed by atoms with Gasteiger partial charge in [-0.05, 0) is 43.6 Å². The Morgan fingerprint density at radius 3 is 2.39 bits per heavy atom. The maximum atomic E-state index is 11.4. The Morgan fingerprint density at radius 2 is 1.89 bits per heavy atom. The maximum absolute atomic E-state index is 11.4. The molecule has 0 saturated heterocycles. The third-order valence-corrected chi connectivity index (χ3v) is 2.98. The first-order chi connectivity index (χ1) is 8.52. The van der Waals surface area contributed by atoms with Gasteiger partial charge in [0.25, 0.3) is 5.91 Å². The molecule has 0 aliphatic heterocycles. The topological polar surface area (TPSA) is 32.3 Å². The Bertz CT molecular complexity index is 371. The SMILES string of the molecule is CNC(=O)c1ccc(CN(C)CCC(C)C)cc1. The first kappa shape index (κ1) is 14.7. The number of nitrogens with one attached hydrogen (secondary N) is 1. The second-order valence-corrected chi connectivity index (χ2v) is 5.20. The monoisotopic (exact) mass is 248 g/mol. The van der Waals surface area contributed by atoms with Crippen LogP contribution in [-0.2, 0) is 6.54 Å². The van der Waals surface area contributed by atoms with E-state index in [2.05, 4.69) is 31.1 Å². The number of nitrogens with zero attached hydrogens (tertiary/aromatic N) is 1. The van der Waals surface area contributed by atoms with Crippen molar-refractivity contribution >= 4 is 5.91 Å². The molecule has 1 rings (SSSR count). The van der Waals surface area contributed by atoms with Gasteiger partial charge in [0.05, 0.1) is 0 Å². The number of hydrogen-bond acceptors (Lipinski definition) is 2. The summed E-state index contributed by atoms with van der Waals surface area (Å²) in [5, 5.41) is 2.62. The summed E-state index contributed by atoms with van der Waals surface area (Å²) in [6, 6.07) is 7.81. The van der Waals surface area contributed by atoms with Crippen LogP contribution in [0.2, 0.25) is 0 Å². The number of amides is 1. The molecule has 0 bridgehead atoms. The first-order valence-electron chi connectivity index (χ1n) is 6.52. The minimum Gasteiger partial charge on any atom is -0.355 e. The zero-order valence-corrected chi connectivity index (χ0v) is 11.9. The molecule has 0 radical (unpaired) electrons. The summed E-state index contributed by atoms with van der Waals surface area (Å²) in [6.07, 6.45) is 1.22. The van der Waals surface area contributed by atoms with E-state index in [9.17, 15) is 4.79 Å². The van der Waals surface area contributed by atoms with Crippen molar-refractivity contribution in [2.24, 2.45) is 5.92 Å². The standard InChI is InChI=1S/C15H24N2O/c1-12(2)9-10-17(4)11-13-5-7-14(8-6-13)15(18)16-3/h5-8,12H,9-11H2,1-4H3,(H,16,18). The van der Waals surface area contributed by atoms with Crippen molar-refractivity contribution in [2.45, 2.75) is 26.8 Å². The second kappa shape index (κ2) is 7.17. The van der Waals surface area contributed by atoms with Crippen molar-refractivity contribution in [3.8, 4) is 0 Å². The van der Waals surface area contributed by atoms with Gasteiger partial charge < -0.3 is 10.2 Å². The third-order valence-electron chi connectivity index (χ3n) is 2.98. The van der Waals surface area contributed by atoms with Crippen molar-refractivity contribution in [1.82, 2.24) is 10.2 Å². The van der Waals surface area contributed by atoms with Gasteiger partial charge in [0.15, 0.2) is 0 Å². The van der Waals surface area contributed by atoms with E-state index in [0.29, 0.717) is 5.56 Å². The van der Waals surface area contributed by atoms with Crippen LogP contribution in [0.1, 0.15) is 36.2 Å². The van der Waals surface area contributed by atoms with Gasteiger partial charge in [-0.2, -0.15) is 0 Å². The van der Waals surface area contributed by atoms with E-state index in [4.69, 9.17) is 0 Å². The molecule has 3 nitrogen and oxygen atoms in total. The van der Waals surface area contributed by atoms with Gasteiger partial charge in [-0.25, -0.2) is 0 Å². The summed E-state index contributed by atoms with van der Waals surface area (Å²) in [7, 11) is 3.78. The molecule has 0 spiro atoms. The van der Waals surface area contributed by atoms with Crippen LogP contribution in [0.5, 0.6) is 0 Å². The van der Waals surface area contributed by atoms with E-state index in [1.165, 1.54) is 12.0 Å². The lowest BCUT2D eigenvalue weighted by Gasteiger charge is -2.18. The lowest BCUT2D eigenvalue weighted by Crippen LogP contribution is -2.21. The maximum Gasteiger partial charge on any atom is 0.251 e. The largest absolute Gasteiger partial charge is 0.355 e. The first-order valence-corrected chi connectivity index (χ1v) is 6.52. The molecule has 0 atom stereocenters. The molecule has 100 valence electrons. The zero-order valence-electron chi connectivity index (χ0n) is 11.9. The van der Waals surface area contributed by atoms with Crippen LogP contribution in [0.3, 0.4) is 0 Å². The minimum absolute atomic E-state index is 0.0327. The molecule has 1 amide bonds. The van der Waals surface area contributed by atoms with Gasteiger partial charge in [0, 0.05) is 19.2 Å². The summed E-state index contributed by atoms with van der Waals surface area (Å²) >= 11 is 0. The summed E-state index contributed by atoms with van der Waals surface area (Å²) in [5.41, 5.74) is 1.96. The van der Waals surface area contributed by atoms with Crippen LogP contribution in [0.15, 0.2) is 24.3 Å². The molecule has 1 aromatic rings.